The lowest BCUT2D eigenvalue weighted by Gasteiger charge is -2.10. The second-order valence-corrected chi connectivity index (χ2v) is 6.80. The SMILES string of the molecule is COc1cc(Br)cc(/C=N\S(=O)(=O)c2ccccc2)c1OC. The highest BCUT2D eigenvalue weighted by molar-refractivity contribution is 9.10. The minimum Gasteiger partial charge on any atom is -0.493 e. The summed E-state index contributed by atoms with van der Waals surface area (Å²) < 4.78 is 39.2. The molecule has 0 heterocycles. The van der Waals surface area contributed by atoms with Crippen LogP contribution >= 0.6 is 15.9 Å². The summed E-state index contributed by atoms with van der Waals surface area (Å²) in [5.74, 6) is 0.896. The molecule has 0 unspecified atom stereocenters. The van der Waals surface area contributed by atoms with Crippen molar-refractivity contribution in [2.45, 2.75) is 4.90 Å². The van der Waals surface area contributed by atoms with E-state index in [1.807, 2.05) is 0 Å². The van der Waals surface area contributed by atoms with Crippen LogP contribution in [0.5, 0.6) is 11.5 Å². The zero-order valence-electron chi connectivity index (χ0n) is 12.0. The number of benzene rings is 2. The van der Waals surface area contributed by atoms with E-state index >= 15 is 0 Å². The Balaban J connectivity index is 2.44. The maximum Gasteiger partial charge on any atom is 0.282 e. The minimum absolute atomic E-state index is 0.132. The van der Waals surface area contributed by atoms with Crippen molar-refractivity contribution >= 4 is 32.2 Å². The Morgan fingerprint density at radius 2 is 1.77 bits per heavy atom. The second-order valence-electron chi connectivity index (χ2n) is 4.25. The van der Waals surface area contributed by atoms with Gasteiger partial charge in [0.15, 0.2) is 11.5 Å². The average molecular weight is 384 g/mol. The molecule has 0 atom stereocenters. The van der Waals surface area contributed by atoms with Gasteiger partial charge in [0.1, 0.15) is 0 Å². The predicted molar refractivity (Wildman–Crippen MR) is 88.5 cm³/mol. The average Bonchev–Trinajstić information content (AvgIpc) is 2.53. The largest absolute Gasteiger partial charge is 0.493 e. The van der Waals surface area contributed by atoms with E-state index in [0.717, 1.165) is 4.47 Å². The van der Waals surface area contributed by atoms with Crippen molar-refractivity contribution in [2.75, 3.05) is 14.2 Å². The Kier molecular flexibility index (Phi) is 5.20. The smallest absolute Gasteiger partial charge is 0.282 e. The van der Waals surface area contributed by atoms with E-state index in [0.29, 0.717) is 17.1 Å². The zero-order valence-corrected chi connectivity index (χ0v) is 14.4. The van der Waals surface area contributed by atoms with Crippen LogP contribution in [0.4, 0.5) is 0 Å². The van der Waals surface area contributed by atoms with Crippen molar-refractivity contribution < 1.29 is 17.9 Å². The molecule has 2 rings (SSSR count). The predicted octanol–water partition coefficient (Wildman–Crippen LogP) is 3.27. The van der Waals surface area contributed by atoms with Gasteiger partial charge in [0.05, 0.1) is 25.3 Å². The van der Waals surface area contributed by atoms with Crippen molar-refractivity contribution in [3.05, 3.63) is 52.5 Å². The molecule has 0 aromatic heterocycles. The normalized spacial score (nSPS) is 11.6. The Bertz CT molecular complexity index is 789. The monoisotopic (exact) mass is 383 g/mol. The number of hydrogen-bond acceptors (Lipinski definition) is 4. The molecular formula is C15H14BrNO4S. The lowest BCUT2D eigenvalue weighted by atomic mass is 10.2. The van der Waals surface area contributed by atoms with E-state index in [1.165, 1.54) is 32.6 Å². The van der Waals surface area contributed by atoms with Crippen LogP contribution in [0.25, 0.3) is 0 Å². The summed E-state index contributed by atoms with van der Waals surface area (Å²) in [5, 5.41) is 0. The Hall–Kier alpha value is -1.86. The molecule has 0 N–H and O–H groups in total. The Labute approximate surface area is 137 Å². The fourth-order valence-electron chi connectivity index (χ4n) is 1.83. The van der Waals surface area contributed by atoms with Gasteiger partial charge in [0.2, 0.25) is 0 Å². The van der Waals surface area contributed by atoms with Gasteiger partial charge in [0, 0.05) is 10.0 Å². The molecule has 0 spiro atoms. The molecule has 2 aromatic carbocycles. The summed E-state index contributed by atoms with van der Waals surface area (Å²) in [6.45, 7) is 0. The van der Waals surface area contributed by atoms with E-state index in [2.05, 4.69) is 20.3 Å². The number of rotatable bonds is 5. The van der Waals surface area contributed by atoms with Crippen LogP contribution in [0.1, 0.15) is 5.56 Å². The lowest BCUT2D eigenvalue weighted by molar-refractivity contribution is 0.354. The highest BCUT2D eigenvalue weighted by Crippen LogP contribution is 2.33. The first kappa shape index (κ1) is 16.5. The topological polar surface area (TPSA) is 65.0 Å². The summed E-state index contributed by atoms with van der Waals surface area (Å²) >= 11 is 3.34. The Morgan fingerprint density at radius 3 is 2.36 bits per heavy atom. The van der Waals surface area contributed by atoms with Crippen LogP contribution in [0, 0.1) is 0 Å². The van der Waals surface area contributed by atoms with Crippen LogP contribution in [-0.2, 0) is 10.0 Å². The van der Waals surface area contributed by atoms with Gasteiger partial charge in [-0.15, -0.1) is 0 Å². The highest BCUT2D eigenvalue weighted by atomic mass is 79.9. The quantitative estimate of drug-likeness (QED) is 0.743. The molecule has 2 aromatic rings. The van der Waals surface area contributed by atoms with Gasteiger partial charge in [0.25, 0.3) is 10.0 Å². The number of halogens is 1. The van der Waals surface area contributed by atoms with Crippen LogP contribution in [0.15, 0.2) is 56.2 Å². The highest BCUT2D eigenvalue weighted by Gasteiger charge is 2.14. The molecule has 0 saturated carbocycles. The van der Waals surface area contributed by atoms with Crippen LogP contribution in [-0.4, -0.2) is 28.9 Å². The molecule has 0 saturated heterocycles. The van der Waals surface area contributed by atoms with Gasteiger partial charge in [-0.1, -0.05) is 34.1 Å². The lowest BCUT2D eigenvalue weighted by Crippen LogP contribution is -2.00. The number of methoxy groups -OCH3 is 2. The molecule has 0 fully saturated rings. The summed E-state index contributed by atoms with van der Waals surface area (Å²) in [7, 11) is -0.771. The molecule has 0 bridgehead atoms. The number of hydrogen-bond donors (Lipinski definition) is 0. The van der Waals surface area contributed by atoms with Crippen molar-refractivity contribution in [1.82, 2.24) is 0 Å². The third-order valence-electron chi connectivity index (χ3n) is 2.84. The van der Waals surface area contributed by atoms with E-state index < -0.39 is 10.0 Å². The maximum atomic E-state index is 12.2. The molecule has 0 aliphatic rings. The van der Waals surface area contributed by atoms with E-state index in [-0.39, 0.29) is 4.90 Å². The van der Waals surface area contributed by atoms with Crippen molar-refractivity contribution in [2.24, 2.45) is 4.40 Å². The second kappa shape index (κ2) is 6.93. The van der Waals surface area contributed by atoms with Gasteiger partial charge in [-0.3, -0.25) is 0 Å². The summed E-state index contributed by atoms with van der Waals surface area (Å²) in [4.78, 5) is 0.132. The van der Waals surface area contributed by atoms with Crippen LogP contribution in [0.2, 0.25) is 0 Å². The minimum atomic E-state index is -3.76. The fraction of sp³-hybridized carbons (Fsp3) is 0.133. The first-order valence-corrected chi connectivity index (χ1v) is 8.48. The summed E-state index contributed by atoms with van der Waals surface area (Å²) in [6, 6.07) is 11.4. The molecule has 0 aliphatic heterocycles. The number of sulfonamides is 1. The summed E-state index contributed by atoms with van der Waals surface area (Å²) in [6.07, 6.45) is 1.24. The Morgan fingerprint density at radius 1 is 1.09 bits per heavy atom. The first-order valence-electron chi connectivity index (χ1n) is 6.25. The van der Waals surface area contributed by atoms with Gasteiger partial charge in [-0.25, -0.2) is 0 Å². The van der Waals surface area contributed by atoms with Crippen molar-refractivity contribution in [1.29, 1.82) is 0 Å². The standard InChI is InChI=1S/C15H14BrNO4S/c1-20-14-9-12(16)8-11(15(14)21-2)10-17-22(18,19)13-6-4-3-5-7-13/h3-10H,1-2H3/b17-10-. The number of nitrogens with zero attached hydrogens (tertiary/aromatic N) is 1. The van der Waals surface area contributed by atoms with E-state index in [9.17, 15) is 8.42 Å². The molecule has 0 radical (unpaired) electrons. The molecule has 22 heavy (non-hydrogen) atoms. The fourth-order valence-corrected chi connectivity index (χ4v) is 3.16. The van der Waals surface area contributed by atoms with E-state index in [4.69, 9.17) is 9.47 Å². The summed E-state index contributed by atoms with van der Waals surface area (Å²) in [5.41, 5.74) is 0.494. The van der Waals surface area contributed by atoms with Gasteiger partial charge < -0.3 is 9.47 Å². The molecule has 7 heteroatoms. The first-order chi connectivity index (χ1) is 10.5. The molecule has 116 valence electrons. The van der Waals surface area contributed by atoms with Crippen LogP contribution in [0.3, 0.4) is 0 Å². The van der Waals surface area contributed by atoms with Crippen molar-refractivity contribution in [3.8, 4) is 11.5 Å². The number of ether oxygens (including phenoxy) is 2. The molecule has 5 nitrogen and oxygen atoms in total. The maximum absolute atomic E-state index is 12.2. The molecule has 0 amide bonds. The van der Waals surface area contributed by atoms with Gasteiger partial charge >= 0.3 is 0 Å². The van der Waals surface area contributed by atoms with Crippen molar-refractivity contribution in [3.63, 3.8) is 0 Å². The van der Waals surface area contributed by atoms with Crippen LogP contribution < -0.4 is 9.47 Å². The van der Waals surface area contributed by atoms with E-state index in [1.54, 1.807) is 30.3 Å². The molecule has 0 aliphatic carbocycles. The van der Waals surface area contributed by atoms with Gasteiger partial charge in [-0.2, -0.15) is 12.8 Å². The third kappa shape index (κ3) is 3.66. The third-order valence-corrected chi connectivity index (χ3v) is 4.55. The molecular weight excluding hydrogens is 370 g/mol. The van der Waals surface area contributed by atoms with Gasteiger partial charge in [-0.05, 0) is 24.3 Å². The zero-order chi connectivity index (χ0) is 16.2.